The number of nitrogens with two attached hydrogens (primary N) is 1. The highest BCUT2D eigenvalue weighted by Crippen LogP contribution is 2.16. The van der Waals surface area contributed by atoms with Crippen molar-refractivity contribution in [1.29, 1.82) is 0 Å². The van der Waals surface area contributed by atoms with Crippen molar-refractivity contribution in [2.45, 2.75) is 38.5 Å². The van der Waals surface area contributed by atoms with Crippen molar-refractivity contribution in [1.82, 2.24) is 0 Å². The summed E-state index contributed by atoms with van der Waals surface area (Å²) in [5.41, 5.74) is 7.24. The predicted octanol–water partition coefficient (Wildman–Crippen LogP) is 4.16. The highest BCUT2D eigenvalue weighted by molar-refractivity contribution is 5.66. The SMILES string of the molecule is C1CCCCC1.C=CNc1ccccc1N. The zero-order chi connectivity index (χ0) is 11.6. The van der Waals surface area contributed by atoms with Crippen molar-refractivity contribution in [2.24, 2.45) is 0 Å². The minimum atomic E-state index is 0.738. The first-order valence-electron chi connectivity index (χ1n) is 6.06. The van der Waals surface area contributed by atoms with Gasteiger partial charge in [-0.15, -0.1) is 0 Å². The van der Waals surface area contributed by atoms with Gasteiger partial charge in [-0.2, -0.15) is 0 Å². The number of benzene rings is 1. The summed E-state index contributed by atoms with van der Waals surface area (Å²) >= 11 is 0. The topological polar surface area (TPSA) is 38.0 Å². The first-order chi connectivity index (χ1) is 7.84. The molecular weight excluding hydrogens is 196 g/mol. The molecule has 88 valence electrons. The molecule has 1 aromatic carbocycles. The maximum Gasteiger partial charge on any atom is 0.0613 e. The lowest BCUT2D eigenvalue weighted by molar-refractivity contribution is 0.504. The van der Waals surface area contributed by atoms with Gasteiger partial charge in [0.1, 0.15) is 0 Å². The monoisotopic (exact) mass is 218 g/mol. The number of anilines is 2. The molecule has 0 aromatic heterocycles. The average molecular weight is 218 g/mol. The van der Waals surface area contributed by atoms with E-state index in [9.17, 15) is 0 Å². The lowest BCUT2D eigenvalue weighted by atomic mass is 10.0. The van der Waals surface area contributed by atoms with Crippen molar-refractivity contribution >= 4 is 11.4 Å². The minimum absolute atomic E-state index is 0.738. The highest BCUT2D eigenvalue weighted by Gasteiger charge is 1.95. The molecule has 2 nitrogen and oxygen atoms in total. The second kappa shape index (κ2) is 7.80. The van der Waals surface area contributed by atoms with E-state index in [2.05, 4.69) is 11.9 Å². The third kappa shape index (κ3) is 4.87. The summed E-state index contributed by atoms with van der Waals surface area (Å²) in [7, 11) is 0. The average Bonchev–Trinajstić information content (AvgIpc) is 2.35. The number of nitrogens with one attached hydrogen (secondary N) is 1. The van der Waals surface area contributed by atoms with E-state index in [0.29, 0.717) is 0 Å². The molecule has 1 aliphatic carbocycles. The molecular formula is C14H22N2. The van der Waals surface area contributed by atoms with Crippen molar-refractivity contribution in [3.05, 3.63) is 37.0 Å². The standard InChI is InChI=1S/C8H10N2.C6H12/c1-2-10-8-6-4-3-5-7(8)9;1-2-4-6-5-3-1/h2-6,10H,1,9H2;1-6H2. The number of hydrogen-bond acceptors (Lipinski definition) is 2. The molecule has 0 aliphatic heterocycles. The van der Waals surface area contributed by atoms with Crippen LogP contribution in [0.1, 0.15) is 38.5 Å². The van der Waals surface area contributed by atoms with Crippen LogP contribution in [0.25, 0.3) is 0 Å². The minimum Gasteiger partial charge on any atom is -0.397 e. The van der Waals surface area contributed by atoms with Crippen LogP contribution in [0.15, 0.2) is 37.0 Å². The molecule has 3 N–H and O–H groups in total. The van der Waals surface area contributed by atoms with E-state index in [1.54, 1.807) is 6.20 Å². The Morgan fingerprint density at radius 3 is 1.94 bits per heavy atom. The summed E-state index contributed by atoms with van der Waals surface area (Å²) in [5, 5.41) is 2.91. The van der Waals surface area contributed by atoms with Gasteiger partial charge in [0.05, 0.1) is 11.4 Å². The number of nitrogen functional groups attached to an aromatic ring is 1. The van der Waals surface area contributed by atoms with Crippen LogP contribution in [0.2, 0.25) is 0 Å². The van der Waals surface area contributed by atoms with Gasteiger partial charge in [0.2, 0.25) is 0 Å². The molecule has 16 heavy (non-hydrogen) atoms. The second-order valence-corrected chi connectivity index (χ2v) is 4.06. The van der Waals surface area contributed by atoms with Gasteiger partial charge in [-0.05, 0) is 18.3 Å². The largest absolute Gasteiger partial charge is 0.397 e. The van der Waals surface area contributed by atoms with Gasteiger partial charge in [-0.3, -0.25) is 0 Å². The number of para-hydroxylation sites is 2. The fourth-order valence-corrected chi connectivity index (χ4v) is 1.80. The van der Waals surface area contributed by atoms with Gasteiger partial charge < -0.3 is 11.1 Å². The molecule has 0 bridgehead atoms. The fourth-order valence-electron chi connectivity index (χ4n) is 1.80. The van der Waals surface area contributed by atoms with Crippen molar-refractivity contribution in [2.75, 3.05) is 11.1 Å². The van der Waals surface area contributed by atoms with Crippen LogP contribution < -0.4 is 11.1 Å². The van der Waals surface area contributed by atoms with Gasteiger partial charge in [0.15, 0.2) is 0 Å². The normalized spacial score (nSPS) is 14.5. The van der Waals surface area contributed by atoms with E-state index >= 15 is 0 Å². The van der Waals surface area contributed by atoms with Crippen LogP contribution >= 0.6 is 0 Å². The molecule has 1 saturated carbocycles. The lowest BCUT2D eigenvalue weighted by Gasteiger charge is -2.05. The first-order valence-corrected chi connectivity index (χ1v) is 6.06. The quantitative estimate of drug-likeness (QED) is 0.731. The molecule has 1 aromatic rings. The Morgan fingerprint density at radius 1 is 1.00 bits per heavy atom. The maximum atomic E-state index is 5.60. The van der Waals surface area contributed by atoms with Crippen LogP contribution in [0.3, 0.4) is 0 Å². The summed E-state index contributed by atoms with van der Waals surface area (Å²) in [6, 6.07) is 7.55. The molecule has 1 aliphatic rings. The van der Waals surface area contributed by atoms with Crippen LogP contribution in [0.4, 0.5) is 11.4 Å². The zero-order valence-electron chi connectivity index (χ0n) is 9.91. The van der Waals surface area contributed by atoms with Crippen LogP contribution in [0, 0.1) is 0 Å². The van der Waals surface area contributed by atoms with E-state index in [1.807, 2.05) is 24.3 Å². The van der Waals surface area contributed by atoms with Gasteiger partial charge in [0.25, 0.3) is 0 Å². The van der Waals surface area contributed by atoms with Crippen LogP contribution in [-0.2, 0) is 0 Å². The molecule has 1 fully saturated rings. The van der Waals surface area contributed by atoms with Crippen molar-refractivity contribution < 1.29 is 0 Å². The summed E-state index contributed by atoms with van der Waals surface area (Å²) in [6.07, 6.45) is 10.6. The van der Waals surface area contributed by atoms with Gasteiger partial charge in [0, 0.05) is 0 Å². The van der Waals surface area contributed by atoms with E-state index in [-0.39, 0.29) is 0 Å². The molecule has 0 spiro atoms. The van der Waals surface area contributed by atoms with Gasteiger partial charge >= 0.3 is 0 Å². The fraction of sp³-hybridized carbons (Fsp3) is 0.429. The summed E-state index contributed by atoms with van der Waals surface area (Å²) in [5.74, 6) is 0. The second-order valence-electron chi connectivity index (χ2n) is 4.06. The summed E-state index contributed by atoms with van der Waals surface area (Å²) < 4.78 is 0. The van der Waals surface area contributed by atoms with Crippen LogP contribution in [-0.4, -0.2) is 0 Å². The third-order valence-electron chi connectivity index (χ3n) is 2.72. The number of rotatable bonds is 2. The Bertz CT molecular complexity index is 292. The van der Waals surface area contributed by atoms with E-state index in [0.717, 1.165) is 11.4 Å². The molecule has 0 unspecified atom stereocenters. The molecule has 0 heterocycles. The van der Waals surface area contributed by atoms with Crippen molar-refractivity contribution in [3.8, 4) is 0 Å². The Balaban J connectivity index is 0.000000181. The van der Waals surface area contributed by atoms with E-state index in [1.165, 1.54) is 38.5 Å². The molecule has 0 atom stereocenters. The molecule has 0 radical (unpaired) electrons. The number of hydrogen-bond donors (Lipinski definition) is 2. The third-order valence-corrected chi connectivity index (χ3v) is 2.72. The lowest BCUT2D eigenvalue weighted by Crippen LogP contribution is -1.92. The van der Waals surface area contributed by atoms with Gasteiger partial charge in [-0.1, -0.05) is 57.2 Å². The Kier molecular flexibility index (Phi) is 6.16. The Hall–Kier alpha value is -1.44. The smallest absolute Gasteiger partial charge is 0.0613 e. The molecule has 0 saturated heterocycles. The maximum absolute atomic E-state index is 5.60. The Labute approximate surface area is 98.6 Å². The Morgan fingerprint density at radius 2 is 1.50 bits per heavy atom. The molecule has 0 amide bonds. The van der Waals surface area contributed by atoms with Gasteiger partial charge in [-0.25, -0.2) is 0 Å². The molecule has 2 rings (SSSR count). The van der Waals surface area contributed by atoms with E-state index < -0.39 is 0 Å². The predicted molar refractivity (Wildman–Crippen MR) is 72.4 cm³/mol. The first kappa shape index (κ1) is 12.6. The van der Waals surface area contributed by atoms with Crippen LogP contribution in [0.5, 0.6) is 0 Å². The zero-order valence-corrected chi connectivity index (χ0v) is 9.91. The molecule has 2 heteroatoms. The summed E-state index contributed by atoms with van der Waals surface area (Å²) in [4.78, 5) is 0. The summed E-state index contributed by atoms with van der Waals surface area (Å²) in [6.45, 7) is 3.53. The van der Waals surface area contributed by atoms with Crippen molar-refractivity contribution in [3.63, 3.8) is 0 Å². The highest BCUT2D eigenvalue weighted by atomic mass is 14.9. The van der Waals surface area contributed by atoms with E-state index in [4.69, 9.17) is 5.73 Å².